The van der Waals surface area contributed by atoms with Gasteiger partial charge in [-0.2, -0.15) is 0 Å². The van der Waals surface area contributed by atoms with Crippen LogP contribution in [0.2, 0.25) is 0 Å². The number of ketones is 1. The van der Waals surface area contributed by atoms with Crippen molar-refractivity contribution in [2.75, 3.05) is 20.0 Å². The van der Waals surface area contributed by atoms with Gasteiger partial charge in [0, 0.05) is 20.5 Å². The molecule has 0 bridgehead atoms. The molecule has 9 heteroatoms. The molecular weight excluding hydrogens is 386 g/mol. The summed E-state index contributed by atoms with van der Waals surface area (Å²) in [6, 6.07) is -1.77. The fraction of sp³-hybridized carbons (Fsp3) is 0.789. The monoisotopic (exact) mass is 419 g/mol. The molecule has 0 aromatic heterocycles. The summed E-state index contributed by atoms with van der Waals surface area (Å²) in [5, 5.41) is 5.18. The third-order valence-electron chi connectivity index (χ3n) is 3.70. The highest BCUT2D eigenvalue weighted by Crippen LogP contribution is 2.11. The summed E-state index contributed by atoms with van der Waals surface area (Å²) in [6.07, 6.45) is -0.121. The average molecular weight is 420 g/mol. The maximum atomic E-state index is 12.7. The van der Waals surface area contributed by atoms with Gasteiger partial charge in [-0.25, -0.2) is 4.79 Å². The molecule has 28 heavy (non-hydrogen) atoms. The van der Waals surface area contributed by atoms with Crippen LogP contribution in [-0.4, -0.2) is 66.3 Å². The van der Waals surface area contributed by atoms with Crippen molar-refractivity contribution in [3.8, 4) is 0 Å². The molecule has 162 valence electrons. The zero-order chi connectivity index (χ0) is 22.1. The van der Waals surface area contributed by atoms with Crippen LogP contribution in [0.3, 0.4) is 0 Å². The summed E-state index contributed by atoms with van der Waals surface area (Å²) in [4.78, 5) is 50.1. The van der Waals surface area contributed by atoms with Crippen LogP contribution in [0.25, 0.3) is 0 Å². The summed E-state index contributed by atoms with van der Waals surface area (Å²) in [5.41, 5.74) is -0.702. The van der Waals surface area contributed by atoms with Crippen molar-refractivity contribution in [3.63, 3.8) is 0 Å². The Bertz CT molecular complexity index is 558. The Morgan fingerprint density at radius 1 is 1.04 bits per heavy atom. The number of halogens is 1. The van der Waals surface area contributed by atoms with Crippen LogP contribution >= 0.6 is 11.6 Å². The molecule has 0 aliphatic heterocycles. The molecule has 0 spiro atoms. The molecule has 0 fully saturated rings. The molecule has 0 aromatic rings. The van der Waals surface area contributed by atoms with Crippen LogP contribution in [0.15, 0.2) is 0 Å². The van der Waals surface area contributed by atoms with Gasteiger partial charge in [0.15, 0.2) is 5.78 Å². The largest absolute Gasteiger partial charge is 0.444 e. The molecule has 8 nitrogen and oxygen atoms in total. The molecule has 0 rings (SSSR count). The number of nitrogens with one attached hydrogen (secondary N) is 2. The number of rotatable bonds is 10. The average Bonchev–Trinajstić information content (AvgIpc) is 2.54. The Morgan fingerprint density at radius 3 is 2.04 bits per heavy atom. The topological polar surface area (TPSA) is 105 Å². The molecule has 0 aromatic carbocycles. The SMILES string of the molecule is CC(C)CC(NC(=O)OC(C)(C)C)C(=O)NC(CCC(=O)N(C)C)C(=O)CCl. The summed E-state index contributed by atoms with van der Waals surface area (Å²) in [6.45, 7) is 8.99. The summed E-state index contributed by atoms with van der Waals surface area (Å²) >= 11 is 5.64. The first-order valence-corrected chi connectivity index (χ1v) is 9.89. The van der Waals surface area contributed by atoms with E-state index in [1.54, 1.807) is 34.9 Å². The number of alkyl halides is 1. The number of hydrogen-bond acceptors (Lipinski definition) is 5. The number of ether oxygens (including phenoxy) is 1. The van der Waals surface area contributed by atoms with E-state index < -0.39 is 29.7 Å². The van der Waals surface area contributed by atoms with E-state index in [4.69, 9.17) is 16.3 Å². The van der Waals surface area contributed by atoms with Gasteiger partial charge in [-0.1, -0.05) is 13.8 Å². The zero-order valence-electron chi connectivity index (χ0n) is 17.9. The molecule has 3 amide bonds. The maximum absolute atomic E-state index is 12.7. The molecule has 2 unspecified atom stereocenters. The number of nitrogens with zero attached hydrogens (tertiary/aromatic N) is 1. The van der Waals surface area contributed by atoms with Gasteiger partial charge in [-0.3, -0.25) is 14.4 Å². The van der Waals surface area contributed by atoms with Crippen LogP contribution in [0, 0.1) is 5.92 Å². The van der Waals surface area contributed by atoms with E-state index in [2.05, 4.69) is 10.6 Å². The number of carbonyl (C=O) groups excluding carboxylic acids is 4. The number of Topliss-reactive ketones (excluding diaryl/α,β-unsaturated/α-hetero) is 1. The first-order valence-electron chi connectivity index (χ1n) is 9.35. The fourth-order valence-corrected chi connectivity index (χ4v) is 2.51. The molecule has 0 heterocycles. The van der Waals surface area contributed by atoms with E-state index in [9.17, 15) is 19.2 Å². The summed E-state index contributed by atoms with van der Waals surface area (Å²) in [7, 11) is 3.23. The van der Waals surface area contributed by atoms with Crippen LogP contribution in [0.5, 0.6) is 0 Å². The second-order valence-corrected chi connectivity index (χ2v) is 8.58. The minimum atomic E-state index is -0.899. The molecule has 0 saturated carbocycles. The van der Waals surface area contributed by atoms with Crippen LogP contribution in [0.1, 0.15) is 53.9 Å². The van der Waals surface area contributed by atoms with Crippen molar-refractivity contribution in [1.29, 1.82) is 0 Å². The molecule has 0 saturated heterocycles. The van der Waals surface area contributed by atoms with Crippen molar-refractivity contribution in [2.24, 2.45) is 5.92 Å². The van der Waals surface area contributed by atoms with Crippen molar-refractivity contribution < 1.29 is 23.9 Å². The molecule has 0 aliphatic rings. The van der Waals surface area contributed by atoms with Crippen LogP contribution in [0.4, 0.5) is 4.79 Å². The highest BCUT2D eigenvalue weighted by atomic mass is 35.5. The first kappa shape index (κ1) is 26.2. The normalized spacial score (nSPS) is 13.5. The van der Waals surface area contributed by atoms with Gasteiger partial charge in [0.05, 0.1) is 11.9 Å². The van der Waals surface area contributed by atoms with E-state index >= 15 is 0 Å². The van der Waals surface area contributed by atoms with Crippen molar-refractivity contribution in [2.45, 2.75) is 71.6 Å². The van der Waals surface area contributed by atoms with Gasteiger partial charge < -0.3 is 20.3 Å². The van der Waals surface area contributed by atoms with Gasteiger partial charge in [0.1, 0.15) is 11.6 Å². The van der Waals surface area contributed by atoms with Crippen molar-refractivity contribution in [1.82, 2.24) is 15.5 Å². The Morgan fingerprint density at radius 2 is 1.61 bits per heavy atom. The number of hydrogen-bond donors (Lipinski definition) is 2. The van der Waals surface area contributed by atoms with Gasteiger partial charge in [-0.05, 0) is 39.5 Å². The lowest BCUT2D eigenvalue weighted by Crippen LogP contribution is -2.53. The second-order valence-electron chi connectivity index (χ2n) is 8.32. The summed E-state index contributed by atoms with van der Waals surface area (Å²) in [5.74, 6) is -1.23. The van der Waals surface area contributed by atoms with E-state index in [-0.39, 0.29) is 36.3 Å². The second kappa shape index (κ2) is 11.9. The van der Waals surface area contributed by atoms with E-state index in [0.717, 1.165) is 0 Å². The van der Waals surface area contributed by atoms with Gasteiger partial charge in [0.25, 0.3) is 0 Å². The lowest BCUT2D eigenvalue weighted by atomic mass is 10.0. The quantitative estimate of drug-likeness (QED) is 0.527. The molecular formula is C19H34ClN3O5. The lowest BCUT2D eigenvalue weighted by Gasteiger charge is -2.26. The third kappa shape index (κ3) is 11.1. The zero-order valence-corrected chi connectivity index (χ0v) is 18.7. The molecule has 2 N–H and O–H groups in total. The third-order valence-corrected chi connectivity index (χ3v) is 3.96. The lowest BCUT2D eigenvalue weighted by molar-refractivity contribution is -0.131. The Kier molecular flexibility index (Phi) is 11.1. The minimum absolute atomic E-state index is 0.0922. The van der Waals surface area contributed by atoms with E-state index in [1.165, 1.54) is 4.90 Å². The first-order chi connectivity index (χ1) is 12.8. The highest BCUT2D eigenvalue weighted by Gasteiger charge is 2.29. The fourth-order valence-electron chi connectivity index (χ4n) is 2.32. The van der Waals surface area contributed by atoms with Crippen LogP contribution in [-0.2, 0) is 19.1 Å². The standard InChI is InChI=1S/C19H34ClN3O5/c1-12(2)10-14(22-18(27)28-19(3,4)5)17(26)21-13(15(24)11-20)8-9-16(25)23(6)7/h12-14H,8-11H2,1-7H3,(H,21,26)(H,22,27). The van der Waals surface area contributed by atoms with E-state index in [0.29, 0.717) is 6.42 Å². The predicted molar refractivity (Wildman–Crippen MR) is 108 cm³/mol. The molecule has 0 radical (unpaired) electrons. The minimum Gasteiger partial charge on any atom is -0.444 e. The predicted octanol–water partition coefficient (Wildman–Crippen LogP) is 2.09. The number of alkyl carbamates (subject to hydrolysis) is 1. The number of carbonyl (C=O) groups is 4. The van der Waals surface area contributed by atoms with Gasteiger partial charge >= 0.3 is 6.09 Å². The smallest absolute Gasteiger partial charge is 0.408 e. The van der Waals surface area contributed by atoms with E-state index in [1.807, 2.05) is 13.8 Å². The Balaban J connectivity index is 5.16. The maximum Gasteiger partial charge on any atom is 0.408 e. The highest BCUT2D eigenvalue weighted by molar-refractivity contribution is 6.28. The van der Waals surface area contributed by atoms with Gasteiger partial charge in [-0.15, -0.1) is 11.6 Å². The van der Waals surface area contributed by atoms with Gasteiger partial charge in [0.2, 0.25) is 11.8 Å². The number of amides is 3. The van der Waals surface area contributed by atoms with Crippen molar-refractivity contribution >= 4 is 35.3 Å². The molecule has 2 atom stereocenters. The Hall–Kier alpha value is -1.83. The summed E-state index contributed by atoms with van der Waals surface area (Å²) < 4.78 is 5.21. The Labute approximate surface area is 172 Å². The van der Waals surface area contributed by atoms with Crippen molar-refractivity contribution in [3.05, 3.63) is 0 Å². The molecule has 0 aliphatic carbocycles. The van der Waals surface area contributed by atoms with Crippen LogP contribution < -0.4 is 10.6 Å².